The summed E-state index contributed by atoms with van der Waals surface area (Å²) >= 11 is 0. The van der Waals surface area contributed by atoms with Crippen LogP contribution in [0, 0.1) is 20.8 Å². The first-order chi connectivity index (χ1) is 6.63. The van der Waals surface area contributed by atoms with Crippen molar-refractivity contribution in [3.63, 3.8) is 0 Å². The van der Waals surface area contributed by atoms with Crippen molar-refractivity contribution in [3.8, 4) is 0 Å². The van der Waals surface area contributed by atoms with Gasteiger partial charge in [-0.25, -0.2) is 5.19 Å². The van der Waals surface area contributed by atoms with Crippen LogP contribution in [0.1, 0.15) is 16.7 Å². The predicted octanol–water partition coefficient (Wildman–Crippen LogP) is 1.72. The standard InChI is InChI=1S/C8H13Si.C5H5.Fe/c1-5-4-8(9)7(3)6(5)2;1-2-4-5-3-1;/h4H,1-3,9H3;1-5H;/q-1;-5;. The van der Waals surface area contributed by atoms with Gasteiger partial charge in [-0.15, -0.1) is 0 Å². The van der Waals surface area contributed by atoms with Crippen LogP contribution in [0.4, 0.5) is 0 Å². The Morgan fingerprint density at radius 2 is 1.47 bits per heavy atom. The fraction of sp³-hybridized carbons (Fsp3) is 0.231. The zero-order chi connectivity index (χ0) is 10.6. The molecule has 0 bridgehead atoms. The fourth-order valence-electron chi connectivity index (χ4n) is 1.45. The molecule has 0 amide bonds. The first kappa shape index (κ1) is 14.4. The van der Waals surface area contributed by atoms with E-state index in [1.54, 1.807) is 5.19 Å². The van der Waals surface area contributed by atoms with Gasteiger partial charge in [0.25, 0.3) is 0 Å². The molecule has 0 aliphatic heterocycles. The number of aryl methyl sites for hydroxylation is 1. The first-order valence-corrected chi connectivity index (χ1v) is 5.99. The molecular formula is C13H18FeSi-6. The van der Waals surface area contributed by atoms with E-state index in [1.165, 1.54) is 26.9 Å². The van der Waals surface area contributed by atoms with Crippen molar-refractivity contribution in [1.29, 1.82) is 0 Å². The van der Waals surface area contributed by atoms with Gasteiger partial charge in [0.2, 0.25) is 0 Å². The maximum Gasteiger partial charge on any atom is 0 e. The third-order valence-electron chi connectivity index (χ3n) is 2.73. The summed E-state index contributed by atoms with van der Waals surface area (Å²) in [7, 11) is 1.20. The predicted molar refractivity (Wildman–Crippen MR) is 67.9 cm³/mol. The van der Waals surface area contributed by atoms with Gasteiger partial charge < -0.3 is 30.3 Å². The van der Waals surface area contributed by atoms with E-state index >= 15 is 0 Å². The third-order valence-corrected chi connectivity index (χ3v) is 3.77. The molecule has 0 saturated heterocycles. The van der Waals surface area contributed by atoms with Crippen LogP contribution in [0.25, 0.3) is 0 Å². The van der Waals surface area contributed by atoms with Gasteiger partial charge in [0, 0.05) is 17.1 Å². The minimum Gasteiger partial charge on any atom is -0.748 e. The maximum atomic E-state index is 2.30. The molecule has 0 N–H and O–H groups in total. The minimum atomic E-state index is 0. The Hall–Kier alpha value is -0.564. The van der Waals surface area contributed by atoms with E-state index in [0.717, 1.165) is 0 Å². The number of hydrogen-bond donors (Lipinski definition) is 0. The van der Waals surface area contributed by atoms with Gasteiger partial charge in [0.05, 0.1) is 0 Å². The van der Waals surface area contributed by atoms with Gasteiger partial charge in [-0.1, -0.05) is 20.8 Å². The molecule has 15 heavy (non-hydrogen) atoms. The van der Waals surface area contributed by atoms with Crippen molar-refractivity contribution < 1.29 is 17.1 Å². The van der Waals surface area contributed by atoms with Crippen LogP contribution >= 0.6 is 0 Å². The summed E-state index contributed by atoms with van der Waals surface area (Å²) in [5.41, 5.74) is 4.46. The van der Waals surface area contributed by atoms with Crippen LogP contribution < -0.4 is 5.19 Å². The molecule has 2 heteroatoms. The van der Waals surface area contributed by atoms with Gasteiger partial charge >= 0.3 is 0 Å². The summed E-state index contributed by atoms with van der Waals surface area (Å²) in [6, 6.07) is 12.3. The van der Waals surface area contributed by atoms with Crippen LogP contribution in [0.15, 0.2) is 36.4 Å². The normalized spacial score (nSPS) is 9.00. The van der Waals surface area contributed by atoms with Crippen molar-refractivity contribution in [2.45, 2.75) is 20.8 Å². The number of rotatable bonds is 0. The molecule has 2 rings (SSSR count). The Morgan fingerprint density at radius 3 is 1.60 bits per heavy atom. The van der Waals surface area contributed by atoms with Crippen molar-refractivity contribution in [2.75, 3.05) is 0 Å². The number of hydrogen-bond acceptors (Lipinski definition) is 0. The molecule has 2 aromatic carbocycles. The summed E-state index contributed by atoms with van der Waals surface area (Å²) in [6.07, 6.45) is 0. The molecule has 0 aliphatic carbocycles. The van der Waals surface area contributed by atoms with E-state index in [0.29, 0.717) is 0 Å². The molecule has 0 aromatic heterocycles. The molecule has 0 saturated carbocycles. The largest absolute Gasteiger partial charge is 0.748 e. The molecular weight excluding hydrogens is 240 g/mol. The van der Waals surface area contributed by atoms with Gasteiger partial charge in [-0.3, -0.25) is 0 Å². The molecule has 0 fully saturated rings. The van der Waals surface area contributed by atoms with Crippen molar-refractivity contribution >= 4 is 15.4 Å². The van der Waals surface area contributed by atoms with Crippen LogP contribution in [-0.4, -0.2) is 10.2 Å². The van der Waals surface area contributed by atoms with Gasteiger partial charge in [0.15, 0.2) is 0 Å². The Labute approximate surface area is 106 Å². The quantitative estimate of drug-likeness (QED) is 0.498. The third kappa shape index (κ3) is 4.21. The van der Waals surface area contributed by atoms with E-state index in [4.69, 9.17) is 0 Å². The summed E-state index contributed by atoms with van der Waals surface area (Å²) < 4.78 is 0. The molecule has 2 aromatic rings. The molecule has 0 nitrogen and oxygen atoms in total. The average molecular weight is 258 g/mol. The molecule has 0 unspecified atom stereocenters. The van der Waals surface area contributed by atoms with Gasteiger partial charge in [-0.05, 0) is 10.2 Å². The van der Waals surface area contributed by atoms with Crippen LogP contribution in [-0.2, 0) is 17.1 Å². The topological polar surface area (TPSA) is 0 Å². The second kappa shape index (κ2) is 6.84. The average Bonchev–Trinajstić information content (AvgIpc) is 2.78. The first-order valence-electron chi connectivity index (χ1n) is 4.99. The molecule has 88 valence electrons. The summed E-state index contributed by atoms with van der Waals surface area (Å²) in [6.45, 7) is 6.60. The zero-order valence-electron chi connectivity index (χ0n) is 9.82. The molecule has 0 aliphatic rings. The fourth-order valence-corrected chi connectivity index (χ4v) is 2.26. The van der Waals surface area contributed by atoms with Crippen molar-refractivity contribution in [2.24, 2.45) is 0 Å². The second-order valence-electron chi connectivity index (χ2n) is 3.72. The maximum absolute atomic E-state index is 2.30. The Kier molecular flexibility index (Phi) is 6.58. The van der Waals surface area contributed by atoms with Crippen LogP contribution in [0.3, 0.4) is 0 Å². The van der Waals surface area contributed by atoms with E-state index < -0.39 is 0 Å². The summed E-state index contributed by atoms with van der Waals surface area (Å²) in [4.78, 5) is 0. The molecule has 0 spiro atoms. The van der Waals surface area contributed by atoms with Gasteiger partial charge in [-0.2, -0.15) is 22.8 Å². The SMILES string of the molecule is Cc1c([SiH3])c[c-](C)c1C.[Fe].[cH-]1[cH-][cH-][cH-][cH-]1. The summed E-state index contributed by atoms with van der Waals surface area (Å²) in [5, 5.41) is 1.56. The second-order valence-corrected chi connectivity index (χ2v) is 4.80. The monoisotopic (exact) mass is 258 g/mol. The Bertz CT molecular complexity index is 332. The Morgan fingerprint density at radius 1 is 1.07 bits per heavy atom. The molecule has 0 radical (unpaired) electrons. The van der Waals surface area contributed by atoms with E-state index in [1.807, 2.05) is 30.3 Å². The Balaban J connectivity index is 0.000000280. The van der Waals surface area contributed by atoms with Crippen molar-refractivity contribution in [1.82, 2.24) is 0 Å². The van der Waals surface area contributed by atoms with E-state index in [9.17, 15) is 0 Å². The van der Waals surface area contributed by atoms with Gasteiger partial charge in [0.1, 0.15) is 0 Å². The molecule has 0 atom stereocenters. The van der Waals surface area contributed by atoms with E-state index in [-0.39, 0.29) is 17.1 Å². The smallest absolute Gasteiger partial charge is 0 e. The van der Waals surface area contributed by atoms with Crippen LogP contribution in [0.5, 0.6) is 0 Å². The summed E-state index contributed by atoms with van der Waals surface area (Å²) in [5.74, 6) is 0. The van der Waals surface area contributed by atoms with Crippen molar-refractivity contribution in [3.05, 3.63) is 53.1 Å². The van der Waals surface area contributed by atoms with E-state index in [2.05, 4.69) is 26.8 Å². The zero-order valence-corrected chi connectivity index (χ0v) is 12.9. The minimum absolute atomic E-state index is 0. The van der Waals surface area contributed by atoms with Crippen LogP contribution in [0.2, 0.25) is 0 Å². The molecule has 0 heterocycles.